The number of nitrogens with one attached hydrogen (secondary N) is 1. The van der Waals surface area contributed by atoms with Crippen molar-refractivity contribution in [3.05, 3.63) is 48.6 Å². The molecule has 0 aromatic heterocycles. The quantitative estimate of drug-likeness (QED) is 0.0199. The van der Waals surface area contributed by atoms with E-state index in [0.29, 0.717) is 12.8 Å². The fraction of sp³-hybridized carbons (Fsp3) is 0.877. The fourth-order valence-electron chi connectivity index (χ4n) is 12.4. The molecule has 3 rings (SSSR count). The third-order valence-electron chi connectivity index (χ3n) is 18.3. The number of aliphatic hydroxyl groups excluding tert-OH is 11. The predicted octanol–water partition coefficient (Wildman–Crippen LogP) is 10.6. The standard InChI is InChI=1S/C73H133NO18/c1-3-5-7-9-11-13-15-17-19-21-23-24-25-26-27-28-29-30-31-32-33-35-37-39-41-43-45-47-49-51-61(79)74-56(57(78)50-48-46-44-42-40-38-36-34-22-20-18-16-14-12-10-8-6-4-2)55-87-71-67(85)64(82)69(59(53-76)89-71)92-73-68(86)65(83)70(60(54-77)90-73)91-72-66(84)63(81)62(80)58(52-75)88-72/h15,17,21,23,40,42,48,50,56-60,62-73,75-78,80-86H,3-14,16,18-20,22,24-39,41,43-47,49,51-55H2,1-2H3,(H,74,79)/b17-15-,23-21-,42-40+,50-48+. The number of carbonyl (C=O) groups is 1. The van der Waals surface area contributed by atoms with Crippen LogP contribution in [0.3, 0.4) is 0 Å². The maximum absolute atomic E-state index is 13.4. The Labute approximate surface area is 554 Å². The molecule has 0 bridgehead atoms. The summed E-state index contributed by atoms with van der Waals surface area (Å²) in [6.07, 6.45) is 39.5. The van der Waals surface area contributed by atoms with Crippen molar-refractivity contribution in [3.63, 3.8) is 0 Å². The minimum atomic E-state index is -1.98. The molecule has 3 aliphatic rings. The number of amides is 1. The smallest absolute Gasteiger partial charge is 0.220 e. The molecule has 3 heterocycles. The van der Waals surface area contributed by atoms with Gasteiger partial charge in [0.05, 0.1) is 38.6 Å². The lowest BCUT2D eigenvalue weighted by Gasteiger charge is -2.48. The van der Waals surface area contributed by atoms with Crippen LogP contribution in [0.1, 0.15) is 277 Å². The average Bonchev–Trinajstić information content (AvgIpc) is 0.834. The molecule has 0 spiro atoms. The third kappa shape index (κ3) is 35.8. The molecule has 0 aromatic rings. The van der Waals surface area contributed by atoms with E-state index >= 15 is 0 Å². The Morgan fingerprint density at radius 1 is 0.391 bits per heavy atom. The van der Waals surface area contributed by atoms with Crippen LogP contribution in [0, 0.1) is 0 Å². The maximum Gasteiger partial charge on any atom is 0.220 e. The van der Waals surface area contributed by atoms with Crippen molar-refractivity contribution in [1.82, 2.24) is 5.32 Å². The van der Waals surface area contributed by atoms with E-state index < -0.39 is 124 Å². The summed E-state index contributed by atoms with van der Waals surface area (Å²) in [7, 11) is 0. The molecule has 1 amide bonds. The molecule has 3 aliphatic heterocycles. The van der Waals surface area contributed by atoms with E-state index in [2.05, 4.69) is 55.6 Å². The Morgan fingerprint density at radius 3 is 1.15 bits per heavy atom. The van der Waals surface area contributed by atoms with E-state index in [1.807, 2.05) is 6.08 Å². The molecule has 19 heteroatoms. The van der Waals surface area contributed by atoms with Crippen molar-refractivity contribution in [2.45, 2.75) is 381 Å². The van der Waals surface area contributed by atoms with Crippen molar-refractivity contribution in [2.75, 3.05) is 26.4 Å². The normalized spacial score (nSPS) is 27.9. The van der Waals surface area contributed by atoms with Gasteiger partial charge >= 0.3 is 0 Å². The van der Waals surface area contributed by atoms with E-state index in [4.69, 9.17) is 28.4 Å². The van der Waals surface area contributed by atoms with E-state index in [-0.39, 0.29) is 18.9 Å². The van der Waals surface area contributed by atoms with Crippen molar-refractivity contribution in [3.8, 4) is 0 Å². The van der Waals surface area contributed by atoms with Crippen LogP contribution in [0.2, 0.25) is 0 Å². The highest BCUT2D eigenvalue weighted by Crippen LogP contribution is 2.33. The summed E-state index contributed by atoms with van der Waals surface area (Å²) < 4.78 is 34.4. The Hall–Kier alpha value is -2.25. The van der Waals surface area contributed by atoms with Gasteiger partial charge in [0.15, 0.2) is 18.9 Å². The minimum absolute atomic E-state index is 0.237. The highest BCUT2D eigenvalue weighted by Gasteiger charge is 2.53. The average molecular weight is 1310 g/mol. The largest absolute Gasteiger partial charge is 0.394 e. The maximum atomic E-state index is 13.4. The number of aliphatic hydroxyl groups is 11. The molecule has 12 N–H and O–H groups in total. The summed E-state index contributed by atoms with van der Waals surface area (Å²) >= 11 is 0. The number of carbonyl (C=O) groups excluding carboxylic acids is 1. The fourth-order valence-corrected chi connectivity index (χ4v) is 12.4. The van der Waals surface area contributed by atoms with Crippen molar-refractivity contribution in [2.24, 2.45) is 0 Å². The number of unbranched alkanes of at least 4 members (excludes halogenated alkanes) is 35. The zero-order chi connectivity index (χ0) is 66.8. The highest BCUT2D eigenvalue weighted by molar-refractivity contribution is 5.76. The molecule has 17 atom stereocenters. The van der Waals surface area contributed by atoms with Crippen molar-refractivity contribution < 1.29 is 89.4 Å². The van der Waals surface area contributed by atoms with Gasteiger partial charge in [-0.1, -0.05) is 255 Å². The molecule has 3 fully saturated rings. The molecule has 0 aromatic carbocycles. The molecule has 538 valence electrons. The number of allylic oxidation sites excluding steroid dienone is 7. The second-order valence-electron chi connectivity index (χ2n) is 26.4. The number of rotatable bonds is 57. The second kappa shape index (κ2) is 54.7. The van der Waals surface area contributed by atoms with Gasteiger partial charge in [-0.25, -0.2) is 0 Å². The summed E-state index contributed by atoms with van der Waals surface area (Å²) in [6.45, 7) is 1.73. The van der Waals surface area contributed by atoms with E-state index in [9.17, 15) is 61.0 Å². The predicted molar refractivity (Wildman–Crippen MR) is 360 cm³/mol. The number of hydrogen-bond donors (Lipinski definition) is 12. The molecule has 17 unspecified atom stereocenters. The molecule has 3 saturated heterocycles. The summed E-state index contributed by atoms with van der Waals surface area (Å²) in [4.78, 5) is 13.4. The number of ether oxygens (including phenoxy) is 6. The van der Waals surface area contributed by atoms with Crippen LogP contribution in [0.4, 0.5) is 0 Å². The molecule has 0 saturated carbocycles. The van der Waals surface area contributed by atoms with Crippen LogP contribution in [-0.2, 0) is 33.2 Å². The van der Waals surface area contributed by atoms with Gasteiger partial charge in [-0.2, -0.15) is 0 Å². The SMILES string of the molecule is CCCCCCC/C=C\C/C=C\CCCCCCCCCCCCCCCCCCCC(=O)NC(COC1OC(CO)C(OC2OC(CO)C(OC3OC(CO)C(O)C(O)C3O)C(O)C2O)C(O)C1O)C(O)/C=C/CC/C=C/CCCCCCCCCCCCCC. The zero-order valence-electron chi connectivity index (χ0n) is 57.0. The lowest BCUT2D eigenvalue weighted by atomic mass is 9.96. The van der Waals surface area contributed by atoms with Gasteiger partial charge < -0.3 is 89.9 Å². The molecule has 0 aliphatic carbocycles. The van der Waals surface area contributed by atoms with Gasteiger partial charge in [-0.3, -0.25) is 4.79 Å². The summed E-state index contributed by atoms with van der Waals surface area (Å²) in [5.41, 5.74) is 0. The van der Waals surface area contributed by atoms with E-state index in [1.165, 1.54) is 199 Å². The van der Waals surface area contributed by atoms with Crippen molar-refractivity contribution >= 4 is 5.91 Å². The lowest BCUT2D eigenvalue weighted by molar-refractivity contribution is -0.379. The summed E-state index contributed by atoms with van der Waals surface area (Å²) in [6, 6.07) is -0.990. The van der Waals surface area contributed by atoms with Crippen molar-refractivity contribution in [1.29, 1.82) is 0 Å². The molecule has 19 nitrogen and oxygen atoms in total. The Balaban J connectivity index is 1.40. The van der Waals surface area contributed by atoms with Gasteiger partial charge in [-0.05, 0) is 64.2 Å². The van der Waals surface area contributed by atoms with E-state index in [1.54, 1.807) is 6.08 Å². The van der Waals surface area contributed by atoms with Crippen LogP contribution >= 0.6 is 0 Å². The lowest BCUT2D eigenvalue weighted by Crippen LogP contribution is -2.66. The van der Waals surface area contributed by atoms with Crippen LogP contribution in [-0.4, -0.2) is 193 Å². The van der Waals surface area contributed by atoms with Gasteiger partial charge in [0.1, 0.15) is 73.2 Å². The van der Waals surface area contributed by atoms with Gasteiger partial charge in [0.2, 0.25) is 5.91 Å². The van der Waals surface area contributed by atoms with Crippen LogP contribution in [0.15, 0.2) is 48.6 Å². The molecule has 92 heavy (non-hydrogen) atoms. The third-order valence-corrected chi connectivity index (χ3v) is 18.3. The summed E-state index contributed by atoms with van der Waals surface area (Å²) in [5, 5.41) is 121. The monoisotopic (exact) mass is 1310 g/mol. The Kier molecular flexibility index (Phi) is 50.0. The van der Waals surface area contributed by atoms with Gasteiger partial charge in [0.25, 0.3) is 0 Å². The topological polar surface area (TPSA) is 307 Å². The summed E-state index contributed by atoms with van der Waals surface area (Å²) in [5.74, 6) is -0.283. The molecule has 0 radical (unpaired) electrons. The highest BCUT2D eigenvalue weighted by atomic mass is 16.8. The first kappa shape index (κ1) is 84.0. The molecular weight excluding hydrogens is 1180 g/mol. The minimum Gasteiger partial charge on any atom is -0.394 e. The van der Waals surface area contributed by atoms with Crippen LogP contribution in [0.5, 0.6) is 0 Å². The first-order valence-corrected chi connectivity index (χ1v) is 36.9. The first-order valence-electron chi connectivity index (χ1n) is 36.9. The number of hydrogen-bond acceptors (Lipinski definition) is 18. The van der Waals surface area contributed by atoms with Crippen LogP contribution < -0.4 is 5.32 Å². The Bertz CT molecular complexity index is 1860. The second-order valence-corrected chi connectivity index (χ2v) is 26.4. The van der Waals surface area contributed by atoms with E-state index in [0.717, 1.165) is 44.9 Å². The van der Waals surface area contributed by atoms with Gasteiger partial charge in [0, 0.05) is 6.42 Å². The van der Waals surface area contributed by atoms with Gasteiger partial charge in [-0.15, -0.1) is 0 Å². The first-order chi connectivity index (χ1) is 44.8. The zero-order valence-corrected chi connectivity index (χ0v) is 57.0. The Morgan fingerprint density at radius 2 is 0.728 bits per heavy atom. The van der Waals surface area contributed by atoms with Crippen LogP contribution in [0.25, 0.3) is 0 Å². The molecular formula is C73H133NO18.